The maximum atomic E-state index is 12.6. The van der Waals surface area contributed by atoms with Crippen LogP contribution in [0.15, 0.2) is 35.1 Å². The number of nitrogens with zero attached hydrogens (tertiary/aromatic N) is 2. The molecular formula is C16H22N2O. The fraction of sp³-hybridized carbons (Fsp3) is 0.438. The first-order chi connectivity index (χ1) is 9.06. The molecule has 0 radical (unpaired) electrons. The van der Waals surface area contributed by atoms with Crippen molar-refractivity contribution in [2.45, 2.75) is 40.7 Å². The second-order valence-electron chi connectivity index (χ2n) is 5.33. The predicted molar refractivity (Wildman–Crippen MR) is 79.0 cm³/mol. The number of para-hydroxylation sites is 1. The van der Waals surface area contributed by atoms with E-state index >= 15 is 0 Å². The van der Waals surface area contributed by atoms with Gasteiger partial charge in [-0.2, -0.15) is 0 Å². The van der Waals surface area contributed by atoms with Gasteiger partial charge in [0, 0.05) is 17.8 Å². The lowest BCUT2D eigenvalue weighted by molar-refractivity contribution is 0.559. The standard InChI is InChI=1S/C16H22N2O/c1-5-17-13(4)15(11-12(2)3)16(19)18(17)14-9-7-6-8-10-14/h6-10,12H,5,11H2,1-4H3. The summed E-state index contributed by atoms with van der Waals surface area (Å²) in [6.45, 7) is 9.21. The Bertz CT molecular complexity index is 606. The Hall–Kier alpha value is -1.77. The van der Waals surface area contributed by atoms with E-state index in [1.165, 1.54) is 0 Å². The van der Waals surface area contributed by atoms with E-state index in [0.717, 1.165) is 29.9 Å². The molecule has 1 aromatic heterocycles. The normalized spacial score (nSPS) is 11.2. The number of hydrogen-bond acceptors (Lipinski definition) is 1. The van der Waals surface area contributed by atoms with Crippen molar-refractivity contribution in [3.8, 4) is 5.69 Å². The van der Waals surface area contributed by atoms with Crippen molar-refractivity contribution in [3.05, 3.63) is 51.9 Å². The Balaban J connectivity index is 2.65. The Kier molecular flexibility index (Phi) is 3.93. The van der Waals surface area contributed by atoms with E-state index in [-0.39, 0.29) is 5.56 Å². The quantitative estimate of drug-likeness (QED) is 0.827. The first-order valence-electron chi connectivity index (χ1n) is 6.93. The monoisotopic (exact) mass is 258 g/mol. The highest BCUT2D eigenvalue weighted by atomic mass is 16.1. The van der Waals surface area contributed by atoms with Gasteiger partial charge in [-0.3, -0.25) is 9.48 Å². The van der Waals surface area contributed by atoms with E-state index in [1.54, 1.807) is 4.68 Å². The Morgan fingerprint density at radius 3 is 2.32 bits per heavy atom. The molecule has 19 heavy (non-hydrogen) atoms. The van der Waals surface area contributed by atoms with Crippen molar-refractivity contribution < 1.29 is 0 Å². The summed E-state index contributed by atoms with van der Waals surface area (Å²) in [7, 11) is 0. The number of benzene rings is 1. The second-order valence-corrected chi connectivity index (χ2v) is 5.33. The van der Waals surface area contributed by atoms with Crippen molar-refractivity contribution in [2.24, 2.45) is 5.92 Å². The van der Waals surface area contributed by atoms with Crippen LogP contribution in [0.25, 0.3) is 5.69 Å². The summed E-state index contributed by atoms with van der Waals surface area (Å²) in [5, 5.41) is 0. The zero-order chi connectivity index (χ0) is 14.0. The molecule has 0 unspecified atom stereocenters. The van der Waals surface area contributed by atoms with Crippen molar-refractivity contribution in [1.29, 1.82) is 0 Å². The summed E-state index contributed by atoms with van der Waals surface area (Å²) < 4.78 is 3.86. The largest absolute Gasteiger partial charge is 0.282 e. The van der Waals surface area contributed by atoms with Crippen LogP contribution < -0.4 is 5.56 Å². The minimum absolute atomic E-state index is 0.124. The van der Waals surface area contributed by atoms with Crippen molar-refractivity contribution in [1.82, 2.24) is 9.36 Å². The first kappa shape index (κ1) is 13.7. The van der Waals surface area contributed by atoms with Crippen molar-refractivity contribution in [3.63, 3.8) is 0 Å². The highest BCUT2D eigenvalue weighted by molar-refractivity contribution is 5.33. The SMILES string of the molecule is CCn1c(C)c(CC(C)C)c(=O)n1-c1ccccc1. The summed E-state index contributed by atoms with van der Waals surface area (Å²) in [5.41, 5.74) is 3.09. The predicted octanol–water partition coefficient (Wildman–Crippen LogP) is 3.17. The molecule has 0 amide bonds. The highest BCUT2D eigenvalue weighted by Crippen LogP contribution is 2.14. The van der Waals surface area contributed by atoms with Gasteiger partial charge >= 0.3 is 0 Å². The molecule has 2 rings (SSSR count). The summed E-state index contributed by atoms with van der Waals surface area (Å²) in [6.07, 6.45) is 0.838. The second kappa shape index (κ2) is 5.47. The van der Waals surface area contributed by atoms with Crippen LogP contribution in [0.3, 0.4) is 0 Å². The molecule has 0 aliphatic carbocycles. The van der Waals surface area contributed by atoms with Gasteiger partial charge in [0.2, 0.25) is 0 Å². The van der Waals surface area contributed by atoms with Gasteiger partial charge in [-0.1, -0.05) is 32.0 Å². The van der Waals surface area contributed by atoms with Gasteiger partial charge in [-0.05, 0) is 38.3 Å². The molecule has 2 aromatic rings. The van der Waals surface area contributed by atoms with E-state index in [2.05, 4.69) is 25.5 Å². The number of rotatable bonds is 4. The van der Waals surface area contributed by atoms with E-state index in [1.807, 2.05) is 37.3 Å². The van der Waals surface area contributed by atoms with Gasteiger partial charge < -0.3 is 0 Å². The van der Waals surface area contributed by atoms with Crippen LogP contribution in [0, 0.1) is 12.8 Å². The van der Waals surface area contributed by atoms with Crippen LogP contribution in [-0.2, 0) is 13.0 Å². The molecule has 0 N–H and O–H groups in total. The van der Waals surface area contributed by atoms with E-state index < -0.39 is 0 Å². The van der Waals surface area contributed by atoms with Gasteiger partial charge in [-0.15, -0.1) is 0 Å². The maximum absolute atomic E-state index is 12.6. The fourth-order valence-electron chi connectivity index (χ4n) is 2.55. The zero-order valence-corrected chi connectivity index (χ0v) is 12.2. The molecule has 0 aliphatic heterocycles. The molecule has 0 fully saturated rings. The molecule has 1 aromatic carbocycles. The average Bonchev–Trinajstić information content (AvgIpc) is 2.63. The van der Waals surface area contributed by atoms with Crippen LogP contribution in [0.4, 0.5) is 0 Å². The van der Waals surface area contributed by atoms with Gasteiger partial charge in [-0.25, -0.2) is 4.68 Å². The third-order valence-corrected chi connectivity index (χ3v) is 3.43. The molecule has 0 atom stereocenters. The van der Waals surface area contributed by atoms with Crippen LogP contribution >= 0.6 is 0 Å². The first-order valence-corrected chi connectivity index (χ1v) is 6.93. The van der Waals surface area contributed by atoms with E-state index in [9.17, 15) is 4.79 Å². The number of aromatic nitrogens is 2. The van der Waals surface area contributed by atoms with E-state index in [0.29, 0.717) is 5.92 Å². The molecule has 0 bridgehead atoms. The van der Waals surface area contributed by atoms with E-state index in [4.69, 9.17) is 0 Å². The lowest BCUT2D eigenvalue weighted by Gasteiger charge is -2.11. The average molecular weight is 258 g/mol. The molecule has 102 valence electrons. The summed E-state index contributed by atoms with van der Waals surface area (Å²) in [6, 6.07) is 9.85. The third kappa shape index (κ3) is 2.50. The molecular weight excluding hydrogens is 236 g/mol. The van der Waals surface area contributed by atoms with Crippen LogP contribution in [0.2, 0.25) is 0 Å². The summed E-state index contributed by atoms with van der Waals surface area (Å²) in [4.78, 5) is 12.6. The highest BCUT2D eigenvalue weighted by Gasteiger charge is 2.17. The van der Waals surface area contributed by atoms with Crippen LogP contribution in [-0.4, -0.2) is 9.36 Å². The van der Waals surface area contributed by atoms with Gasteiger partial charge in [0.15, 0.2) is 0 Å². The number of hydrogen-bond donors (Lipinski definition) is 0. The molecule has 3 heteroatoms. The molecule has 1 heterocycles. The Labute approximate surface area is 114 Å². The summed E-state index contributed by atoms with van der Waals surface area (Å²) >= 11 is 0. The molecule has 0 aliphatic rings. The summed E-state index contributed by atoms with van der Waals surface area (Å²) in [5.74, 6) is 0.489. The van der Waals surface area contributed by atoms with Gasteiger partial charge in [0.25, 0.3) is 5.56 Å². The minimum Gasteiger partial charge on any atom is -0.282 e. The molecule has 0 spiro atoms. The molecule has 0 saturated carbocycles. The minimum atomic E-state index is 0.124. The fourth-order valence-corrected chi connectivity index (χ4v) is 2.55. The maximum Gasteiger partial charge on any atom is 0.274 e. The van der Waals surface area contributed by atoms with Crippen LogP contribution in [0.5, 0.6) is 0 Å². The topological polar surface area (TPSA) is 26.9 Å². The van der Waals surface area contributed by atoms with Crippen molar-refractivity contribution in [2.75, 3.05) is 0 Å². The van der Waals surface area contributed by atoms with Gasteiger partial charge in [0.1, 0.15) is 0 Å². The van der Waals surface area contributed by atoms with Gasteiger partial charge in [0.05, 0.1) is 5.69 Å². The Morgan fingerprint density at radius 2 is 1.79 bits per heavy atom. The Morgan fingerprint density at radius 1 is 1.16 bits per heavy atom. The molecule has 3 nitrogen and oxygen atoms in total. The molecule has 0 saturated heterocycles. The lowest BCUT2D eigenvalue weighted by Crippen LogP contribution is -2.22. The van der Waals surface area contributed by atoms with Crippen LogP contribution in [0.1, 0.15) is 32.0 Å². The lowest BCUT2D eigenvalue weighted by atomic mass is 10.0. The zero-order valence-electron chi connectivity index (χ0n) is 12.2. The third-order valence-electron chi connectivity index (χ3n) is 3.43. The van der Waals surface area contributed by atoms with Crippen molar-refractivity contribution >= 4 is 0 Å². The smallest absolute Gasteiger partial charge is 0.274 e.